The zero-order valence-electron chi connectivity index (χ0n) is 13.8. The molecule has 126 valence electrons. The Morgan fingerprint density at radius 3 is 2.75 bits per heavy atom. The van der Waals surface area contributed by atoms with Gasteiger partial charge < -0.3 is 14.6 Å². The van der Waals surface area contributed by atoms with Gasteiger partial charge in [-0.05, 0) is 31.0 Å². The van der Waals surface area contributed by atoms with Crippen molar-refractivity contribution in [2.45, 2.75) is 38.3 Å². The van der Waals surface area contributed by atoms with E-state index in [0.717, 1.165) is 11.3 Å². The minimum absolute atomic E-state index is 0.0268. The Balaban J connectivity index is 1.64. The topological polar surface area (TPSA) is 62.6 Å². The number of hydrogen-bond acceptors (Lipinski definition) is 3. The third-order valence-corrected chi connectivity index (χ3v) is 4.67. The molecular weight excluding hydrogens is 304 g/mol. The molecule has 0 aliphatic carbocycles. The summed E-state index contributed by atoms with van der Waals surface area (Å²) in [6, 6.07) is 13.5. The molecule has 2 heterocycles. The van der Waals surface area contributed by atoms with Gasteiger partial charge in [0.1, 0.15) is 11.3 Å². The van der Waals surface area contributed by atoms with Crippen LogP contribution in [-0.4, -0.2) is 28.8 Å². The summed E-state index contributed by atoms with van der Waals surface area (Å²) in [6.07, 6.45) is 3.19. The van der Waals surface area contributed by atoms with E-state index < -0.39 is 5.54 Å². The van der Waals surface area contributed by atoms with Gasteiger partial charge in [-0.25, -0.2) is 0 Å². The van der Waals surface area contributed by atoms with E-state index in [9.17, 15) is 9.59 Å². The number of carbonyl (C=O) groups excluding carboxylic acids is 2. The Morgan fingerprint density at radius 2 is 2.04 bits per heavy atom. The second kappa shape index (κ2) is 6.91. The molecule has 1 aliphatic heterocycles. The molecule has 0 saturated carbocycles. The highest BCUT2D eigenvalue weighted by atomic mass is 16.3. The number of rotatable bonds is 6. The number of benzene rings is 1. The molecule has 2 amide bonds. The van der Waals surface area contributed by atoms with Crippen LogP contribution in [0.15, 0.2) is 53.1 Å². The van der Waals surface area contributed by atoms with Crippen LogP contribution in [-0.2, 0) is 22.6 Å². The standard InChI is InChI=1S/C19H22N2O3/c1-19(18(23)20-14-15-6-3-2-4-7-15)11-9-17(22)21(19)12-10-16-8-5-13-24-16/h2-8,13H,9-12,14H2,1H3,(H,20,23)/t19-/m0/s1. The predicted molar refractivity (Wildman–Crippen MR) is 90.1 cm³/mol. The van der Waals surface area contributed by atoms with Gasteiger partial charge in [0, 0.05) is 25.9 Å². The molecule has 1 aliphatic rings. The molecule has 1 atom stereocenters. The van der Waals surface area contributed by atoms with Crippen LogP contribution in [0.1, 0.15) is 31.1 Å². The lowest BCUT2D eigenvalue weighted by Crippen LogP contribution is -2.54. The largest absolute Gasteiger partial charge is 0.469 e. The van der Waals surface area contributed by atoms with Crippen molar-refractivity contribution in [3.05, 3.63) is 60.1 Å². The van der Waals surface area contributed by atoms with Gasteiger partial charge in [0.25, 0.3) is 0 Å². The fourth-order valence-electron chi connectivity index (χ4n) is 3.15. The molecule has 1 aromatic heterocycles. The van der Waals surface area contributed by atoms with Crippen LogP contribution >= 0.6 is 0 Å². The molecule has 0 spiro atoms. The lowest BCUT2D eigenvalue weighted by Gasteiger charge is -2.33. The second-order valence-electron chi connectivity index (χ2n) is 6.32. The van der Waals surface area contributed by atoms with Crippen LogP contribution in [0, 0.1) is 0 Å². The Kier molecular flexibility index (Phi) is 4.69. The fourth-order valence-corrected chi connectivity index (χ4v) is 3.15. The van der Waals surface area contributed by atoms with Gasteiger partial charge in [-0.2, -0.15) is 0 Å². The second-order valence-corrected chi connectivity index (χ2v) is 6.32. The summed E-state index contributed by atoms with van der Waals surface area (Å²) in [4.78, 5) is 26.7. The van der Waals surface area contributed by atoms with Crippen molar-refractivity contribution in [2.24, 2.45) is 0 Å². The normalized spacial score (nSPS) is 20.4. The van der Waals surface area contributed by atoms with Crippen molar-refractivity contribution >= 4 is 11.8 Å². The number of nitrogens with zero attached hydrogens (tertiary/aromatic N) is 1. The summed E-state index contributed by atoms with van der Waals surface area (Å²) < 4.78 is 5.32. The van der Waals surface area contributed by atoms with E-state index in [2.05, 4.69) is 5.32 Å². The van der Waals surface area contributed by atoms with Gasteiger partial charge in [0.15, 0.2) is 0 Å². The van der Waals surface area contributed by atoms with E-state index in [4.69, 9.17) is 4.42 Å². The van der Waals surface area contributed by atoms with Crippen molar-refractivity contribution in [1.82, 2.24) is 10.2 Å². The molecule has 0 radical (unpaired) electrons. The van der Waals surface area contributed by atoms with Gasteiger partial charge in [-0.15, -0.1) is 0 Å². The Bertz CT molecular complexity index is 697. The average Bonchev–Trinajstić information content (AvgIpc) is 3.21. The predicted octanol–water partition coefficient (Wildman–Crippen LogP) is 2.52. The minimum Gasteiger partial charge on any atom is -0.469 e. The molecule has 1 N–H and O–H groups in total. The van der Waals surface area contributed by atoms with E-state index in [1.54, 1.807) is 11.2 Å². The molecule has 1 aromatic carbocycles. The van der Waals surface area contributed by atoms with Crippen molar-refractivity contribution in [3.8, 4) is 0 Å². The summed E-state index contributed by atoms with van der Waals surface area (Å²) in [5.74, 6) is 0.748. The van der Waals surface area contributed by atoms with Gasteiger partial charge in [-0.1, -0.05) is 30.3 Å². The van der Waals surface area contributed by atoms with E-state index in [1.807, 2.05) is 49.4 Å². The number of likely N-dealkylation sites (tertiary alicyclic amines) is 1. The van der Waals surface area contributed by atoms with E-state index >= 15 is 0 Å². The number of nitrogens with one attached hydrogen (secondary N) is 1. The van der Waals surface area contributed by atoms with Crippen molar-refractivity contribution in [2.75, 3.05) is 6.54 Å². The molecule has 24 heavy (non-hydrogen) atoms. The van der Waals surface area contributed by atoms with Crippen LogP contribution in [0.2, 0.25) is 0 Å². The first kappa shape index (κ1) is 16.3. The Hall–Kier alpha value is -2.56. The highest BCUT2D eigenvalue weighted by Crippen LogP contribution is 2.30. The van der Waals surface area contributed by atoms with Crippen molar-refractivity contribution in [1.29, 1.82) is 0 Å². The molecule has 1 saturated heterocycles. The number of furan rings is 1. The summed E-state index contributed by atoms with van der Waals surface area (Å²) in [7, 11) is 0. The van der Waals surface area contributed by atoms with Crippen LogP contribution in [0.25, 0.3) is 0 Å². The smallest absolute Gasteiger partial charge is 0.245 e. The van der Waals surface area contributed by atoms with E-state index in [-0.39, 0.29) is 11.8 Å². The summed E-state index contributed by atoms with van der Waals surface area (Å²) in [5.41, 5.74) is 0.249. The highest BCUT2D eigenvalue weighted by molar-refractivity contribution is 5.94. The first-order chi connectivity index (χ1) is 11.6. The van der Waals surface area contributed by atoms with Gasteiger partial charge in [0.2, 0.25) is 11.8 Å². The molecule has 2 aromatic rings. The summed E-state index contributed by atoms with van der Waals surface area (Å²) in [5, 5.41) is 2.97. The van der Waals surface area contributed by atoms with E-state index in [0.29, 0.717) is 32.4 Å². The van der Waals surface area contributed by atoms with Crippen LogP contribution in [0.3, 0.4) is 0 Å². The maximum Gasteiger partial charge on any atom is 0.245 e. The quantitative estimate of drug-likeness (QED) is 0.887. The number of amides is 2. The third-order valence-electron chi connectivity index (χ3n) is 4.67. The van der Waals surface area contributed by atoms with E-state index in [1.165, 1.54) is 0 Å². The maximum atomic E-state index is 12.7. The summed E-state index contributed by atoms with van der Waals surface area (Å²) in [6.45, 7) is 2.80. The lowest BCUT2D eigenvalue weighted by atomic mass is 9.97. The molecule has 5 nitrogen and oxygen atoms in total. The van der Waals surface area contributed by atoms with Gasteiger partial charge in [0.05, 0.1) is 6.26 Å². The molecule has 0 bridgehead atoms. The first-order valence-electron chi connectivity index (χ1n) is 8.25. The molecule has 0 unspecified atom stereocenters. The molecule has 1 fully saturated rings. The molecule has 5 heteroatoms. The Labute approximate surface area is 141 Å². The zero-order chi connectivity index (χ0) is 17.0. The zero-order valence-corrected chi connectivity index (χ0v) is 13.8. The first-order valence-corrected chi connectivity index (χ1v) is 8.25. The maximum absolute atomic E-state index is 12.7. The highest BCUT2D eigenvalue weighted by Gasteiger charge is 2.46. The average molecular weight is 326 g/mol. The van der Waals surface area contributed by atoms with Crippen LogP contribution in [0.4, 0.5) is 0 Å². The van der Waals surface area contributed by atoms with Crippen molar-refractivity contribution in [3.63, 3.8) is 0 Å². The molecule has 3 rings (SSSR count). The third kappa shape index (κ3) is 3.35. The minimum atomic E-state index is -0.793. The van der Waals surface area contributed by atoms with Crippen LogP contribution < -0.4 is 5.32 Å². The number of hydrogen-bond donors (Lipinski definition) is 1. The van der Waals surface area contributed by atoms with Crippen molar-refractivity contribution < 1.29 is 14.0 Å². The molecular formula is C19H22N2O3. The van der Waals surface area contributed by atoms with Gasteiger partial charge >= 0.3 is 0 Å². The Morgan fingerprint density at radius 1 is 1.25 bits per heavy atom. The van der Waals surface area contributed by atoms with Crippen LogP contribution in [0.5, 0.6) is 0 Å². The summed E-state index contributed by atoms with van der Waals surface area (Å²) >= 11 is 0. The SMILES string of the molecule is C[C@@]1(C(=O)NCc2ccccc2)CCC(=O)N1CCc1ccco1. The monoisotopic (exact) mass is 326 g/mol. The number of carbonyl (C=O) groups is 2. The lowest BCUT2D eigenvalue weighted by molar-refractivity contribution is -0.140. The van der Waals surface area contributed by atoms with Gasteiger partial charge in [-0.3, -0.25) is 9.59 Å². The fraction of sp³-hybridized carbons (Fsp3) is 0.368.